The Morgan fingerprint density at radius 1 is 1.00 bits per heavy atom. The maximum absolute atomic E-state index is 12.8. The Balaban J connectivity index is 1.59. The molecule has 0 unspecified atom stereocenters. The first-order valence-electron chi connectivity index (χ1n) is 9.79. The van der Waals surface area contributed by atoms with Gasteiger partial charge >= 0.3 is 11.4 Å². The molecule has 0 aliphatic heterocycles. The van der Waals surface area contributed by atoms with Crippen LogP contribution in [0.15, 0.2) is 76.4 Å². The average molecular weight is 450 g/mol. The summed E-state index contributed by atoms with van der Waals surface area (Å²) in [5.74, 6) is 1.14. The van der Waals surface area contributed by atoms with Gasteiger partial charge in [-0.2, -0.15) is 4.98 Å². The molecule has 0 atom stereocenters. The molecule has 8 nitrogen and oxygen atoms in total. The second kappa shape index (κ2) is 9.07. The van der Waals surface area contributed by atoms with Gasteiger partial charge in [-0.25, -0.2) is 19.1 Å². The van der Waals surface area contributed by atoms with E-state index in [1.807, 2.05) is 31.2 Å². The average Bonchev–Trinajstić information content (AvgIpc) is 2.79. The number of hydrogen-bond donors (Lipinski definition) is 1. The molecule has 0 spiro atoms. The van der Waals surface area contributed by atoms with Crippen LogP contribution in [-0.4, -0.2) is 19.1 Å². The molecular weight excluding hydrogens is 430 g/mol. The minimum Gasteiger partial charge on any atom is -0.439 e. The summed E-state index contributed by atoms with van der Waals surface area (Å²) in [7, 11) is 1.41. The lowest BCUT2D eigenvalue weighted by atomic mass is 10.1. The lowest BCUT2D eigenvalue weighted by Gasteiger charge is -2.14. The van der Waals surface area contributed by atoms with Gasteiger partial charge in [0.05, 0.1) is 11.6 Å². The van der Waals surface area contributed by atoms with Gasteiger partial charge in [0.2, 0.25) is 11.8 Å². The molecule has 162 valence electrons. The summed E-state index contributed by atoms with van der Waals surface area (Å²) in [4.78, 5) is 33.0. The lowest BCUT2D eigenvalue weighted by molar-refractivity contribution is 0.463. The van der Waals surface area contributed by atoms with Crippen molar-refractivity contribution >= 4 is 23.2 Å². The van der Waals surface area contributed by atoms with Crippen molar-refractivity contribution in [2.45, 2.75) is 13.5 Å². The molecule has 0 saturated heterocycles. The third-order valence-electron chi connectivity index (χ3n) is 4.76. The Morgan fingerprint density at radius 3 is 2.38 bits per heavy atom. The number of anilines is 2. The highest BCUT2D eigenvalue weighted by Gasteiger charge is 2.12. The van der Waals surface area contributed by atoms with E-state index < -0.39 is 11.4 Å². The van der Waals surface area contributed by atoms with Crippen LogP contribution in [-0.2, 0) is 13.6 Å². The van der Waals surface area contributed by atoms with Crippen LogP contribution in [0.5, 0.6) is 11.6 Å². The lowest BCUT2D eigenvalue weighted by Crippen LogP contribution is -2.41. The summed E-state index contributed by atoms with van der Waals surface area (Å²) in [6, 6.07) is 18.2. The van der Waals surface area contributed by atoms with E-state index >= 15 is 0 Å². The Labute approximate surface area is 188 Å². The molecule has 0 aliphatic carbocycles. The highest BCUT2D eigenvalue weighted by atomic mass is 35.5. The van der Waals surface area contributed by atoms with Crippen molar-refractivity contribution in [1.82, 2.24) is 19.1 Å². The van der Waals surface area contributed by atoms with E-state index in [1.54, 1.807) is 36.4 Å². The van der Waals surface area contributed by atoms with E-state index in [0.29, 0.717) is 22.3 Å². The van der Waals surface area contributed by atoms with Crippen molar-refractivity contribution in [3.8, 4) is 11.6 Å². The zero-order valence-corrected chi connectivity index (χ0v) is 18.2. The summed E-state index contributed by atoms with van der Waals surface area (Å²) in [5, 5.41) is 3.58. The highest BCUT2D eigenvalue weighted by molar-refractivity contribution is 6.30. The molecule has 1 N–H and O–H groups in total. The molecule has 0 saturated carbocycles. The molecule has 0 radical (unpaired) electrons. The minimum absolute atomic E-state index is 0.159. The van der Waals surface area contributed by atoms with Crippen molar-refractivity contribution in [3.05, 3.63) is 104 Å². The third-order valence-corrected chi connectivity index (χ3v) is 4.98. The maximum atomic E-state index is 12.8. The molecule has 4 aromatic rings. The van der Waals surface area contributed by atoms with Crippen molar-refractivity contribution in [3.63, 3.8) is 0 Å². The quantitative estimate of drug-likeness (QED) is 0.480. The minimum atomic E-state index is -0.633. The molecular formula is C23H20ClN5O3. The van der Waals surface area contributed by atoms with Gasteiger partial charge in [-0.3, -0.25) is 4.57 Å². The number of rotatable bonds is 6. The summed E-state index contributed by atoms with van der Waals surface area (Å²) >= 11 is 5.83. The first-order chi connectivity index (χ1) is 15.4. The molecule has 4 rings (SSSR count). The van der Waals surface area contributed by atoms with E-state index in [0.717, 1.165) is 15.7 Å². The first kappa shape index (κ1) is 21.3. The Kier molecular flexibility index (Phi) is 6.04. The molecule has 0 bridgehead atoms. The monoisotopic (exact) mass is 449 g/mol. The van der Waals surface area contributed by atoms with E-state index in [2.05, 4.69) is 15.3 Å². The number of aromatic nitrogens is 4. The SMILES string of the molecule is Cc1ccc(Cn2c(Nc3ccc(Oc4ccc(Cl)cn4)cc3)nc(=O)n(C)c2=O)cc1. The van der Waals surface area contributed by atoms with E-state index in [1.165, 1.54) is 17.8 Å². The van der Waals surface area contributed by atoms with Crippen LogP contribution in [0.1, 0.15) is 11.1 Å². The fraction of sp³-hybridized carbons (Fsp3) is 0.130. The molecule has 2 heterocycles. The van der Waals surface area contributed by atoms with Crippen LogP contribution < -0.4 is 21.4 Å². The van der Waals surface area contributed by atoms with E-state index in [4.69, 9.17) is 16.3 Å². The summed E-state index contributed by atoms with van der Waals surface area (Å²) in [5.41, 5.74) is 1.59. The number of ether oxygens (including phenoxy) is 1. The van der Waals surface area contributed by atoms with Crippen LogP contribution in [0.25, 0.3) is 0 Å². The summed E-state index contributed by atoms with van der Waals surface area (Å²) < 4.78 is 8.09. The van der Waals surface area contributed by atoms with Gasteiger partial charge < -0.3 is 10.1 Å². The van der Waals surface area contributed by atoms with Crippen LogP contribution in [0, 0.1) is 6.92 Å². The zero-order valence-electron chi connectivity index (χ0n) is 17.4. The number of hydrogen-bond acceptors (Lipinski definition) is 6. The van der Waals surface area contributed by atoms with Gasteiger partial charge in [0.25, 0.3) is 0 Å². The van der Waals surface area contributed by atoms with Crippen molar-refractivity contribution in [2.75, 3.05) is 5.32 Å². The summed E-state index contributed by atoms with van der Waals surface area (Å²) in [6.07, 6.45) is 1.50. The fourth-order valence-electron chi connectivity index (χ4n) is 2.97. The molecule has 0 aliphatic rings. The van der Waals surface area contributed by atoms with Crippen LogP contribution in [0.4, 0.5) is 11.6 Å². The van der Waals surface area contributed by atoms with Gasteiger partial charge in [-0.1, -0.05) is 41.4 Å². The van der Waals surface area contributed by atoms with Gasteiger partial charge in [0.15, 0.2) is 0 Å². The normalized spacial score (nSPS) is 10.7. The molecule has 2 aromatic heterocycles. The maximum Gasteiger partial charge on any atom is 0.354 e. The Hall–Kier alpha value is -3.91. The summed E-state index contributed by atoms with van der Waals surface area (Å²) in [6.45, 7) is 2.26. The number of benzene rings is 2. The Morgan fingerprint density at radius 2 is 1.72 bits per heavy atom. The molecule has 32 heavy (non-hydrogen) atoms. The largest absolute Gasteiger partial charge is 0.439 e. The van der Waals surface area contributed by atoms with Crippen molar-refractivity contribution in [2.24, 2.45) is 7.05 Å². The first-order valence-corrected chi connectivity index (χ1v) is 10.2. The number of halogens is 1. The van der Waals surface area contributed by atoms with Crippen molar-refractivity contribution in [1.29, 1.82) is 0 Å². The van der Waals surface area contributed by atoms with Gasteiger partial charge in [-0.05, 0) is 42.8 Å². The Bertz CT molecular complexity index is 1350. The molecule has 0 fully saturated rings. The smallest absolute Gasteiger partial charge is 0.354 e. The third kappa shape index (κ3) is 4.87. The van der Waals surface area contributed by atoms with Crippen LogP contribution in [0.2, 0.25) is 5.02 Å². The predicted octanol–water partition coefficient (Wildman–Crippen LogP) is 3.88. The second-order valence-electron chi connectivity index (χ2n) is 7.20. The van der Waals surface area contributed by atoms with Crippen molar-refractivity contribution < 1.29 is 4.74 Å². The van der Waals surface area contributed by atoms with Crippen LogP contribution >= 0.6 is 11.6 Å². The number of aryl methyl sites for hydroxylation is 1. The molecule has 9 heteroatoms. The molecule has 0 amide bonds. The van der Waals surface area contributed by atoms with Gasteiger partial charge in [0, 0.05) is 25.0 Å². The number of nitrogens with one attached hydrogen (secondary N) is 1. The highest BCUT2D eigenvalue weighted by Crippen LogP contribution is 2.23. The van der Waals surface area contributed by atoms with Gasteiger partial charge in [0.1, 0.15) is 5.75 Å². The van der Waals surface area contributed by atoms with E-state index in [9.17, 15) is 9.59 Å². The molecule has 2 aromatic carbocycles. The number of pyridine rings is 1. The standard InChI is InChI=1S/C23H20ClN5O3/c1-15-3-5-16(6-4-15)14-29-21(27-22(30)28(2)23(29)31)26-18-8-10-19(11-9-18)32-20-12-7-17(24)13-25-20/h3-13H,14H2,1-2H3,(H,26,27,30). The number of nitrogens with zero attached hydrogens (tertiary/aromatic N) is 4. The van der Waals surface area contributed by atoms with E-state index in [-0.39, 0.29) is 12.5 Å². The zero-order chi connectivity index (χ0) is 22.7. The second-order valence-corrected chi connectivity index (χ2v) is 7.63. The van der Waals surface area contributed by atoms with Crippen LogP contribution in [0.3, 0.4) is 0 Å². The fourth-order valence-corrected chi connectivity index (χ4v) is 3.08. The topological polar surface area (TPSA) is 91.0 Å². The predicted molar refractivity (Wildman–Crippen MR) is 123 cm³/mol. The van der Waals surface area contributed by atoms with Gasteiger partial charge in [-0.15, -0.1) is 0 Å².